The fourth-order valence-corrected chi connectivity index (χ4v) is 6.46. The molecule has 2 fully saturated rings. The molecule has 2 atom stereocenters. The molecule has 0 spiro atoms. The van der Waals surface area contributed by atoms with Gasteiger partial charge in [0.05, 0.1) is 11.2 Å². The van der Waals surface area contributed by atoms with Crippen molar-refractivity contribution in [2.75, 3.05) is 6.61 Å². The number of rotatable bonds is 3. The number of benzene rings is 3. The molecule has 2 heterocycles. The number of carbonyl (C=O) groups excluding carboxylic acids is 1. The number of aliphatic hydroxyl groups is 1. The minimum atomic E-state index is -4.86. The molecule has 3 aliphatic rings. The quantitative estimate of drug-likeness (QED) is 0.403. The summed E-state index contributed by atoms with van der Waals surface area (Å²) in [6, 6.07) is 18.0. The van der Waals surface area contributed by atoms with Crippen molar-refractivity contribution in [1.29, 1.82) is 0 Å². The highest BCUT2D eigenvalue weighted by Crippen LogP contribution is 2.48. The summed E-state index contributed by atoms with van der Waals surface area (Å²) >= 11 is 0. The van der Waals surface area contributed by atoms with Crippen molar-refractivity contribution in [2.45, 2.75) is 55.5 Å². The molecule has 2 aliphatic heterocycles. The zero-order chi connectivity index (χ0) is 25.9. The molecule has 0 radical (unpaired) electrons. The number of hydrogen-bond acceptors (Lipinski definition) is 3. The van der Waals surface area contributed by atoms with Crippen molar-refractivity contribution in [1.82, 2.24) is 4.90 Å². The molecule has 1 N–H and O–H groups in total. The zero-order valence-corrected chi connectivity index (χ0v) is 19.8. The fraction of sp³-hybridized carbons (Fsp3) is 0.345. The van der Waals surface area contributed by atoms with Gasteiger partial charge in [-0.05, 0) is 52.8 Å². The monoisotopic (exact) mass is 511 g/mol. The number of alkyl halides is 3. The Balaban J connectivity index is 1.19. The van der Waals surface area contributed by atoms with E-state index in [0.29, 0.717) is 18.9 Å². The maximum Gasteiger partial charge on any atom is 0.419 e. The number of ether oxygens (including phenoxy) is 1. The molecule has 2 unspecified atom stereocenters. The van der Waals surface area contributed by atoms with Crippen LogP contribution in [0, 0.1) is 5.82 Å². The largest absolute Gasteiger partial charge is 0.448 e. The van der Waals surface area contributed by atoms with Gasteiger partial charge in [-0.2, -0.15) is 13.2 Å². The average molecular weight is 512 g/mol. The van der Waals surface area contributed by atoms with Gasteiger partial charge in [0, 0.05) is 30.8 Å². The normalized spacial score (nSPS) is 24.6. The first-order chi connectivity index (χ1) is 17.7. The van der Waals surface area contributed by atoms with Crippen LogP contribution in [0.1, 0.15) is 53.9 Å². The first-order valence-corrected chi connectivity index (χ1v) is 12.4. The lowest BCUT2D eigenvalue weighted by atomic mass is 9.80. The van der Waals surface area contributed by atoms with Crippen molar-refractivity contribution in [2.24, 2.45) is 0 Å². The second-order valence-corrected chi connectivity index (χ2v) is 10.2. The zero-order valence-electron chi connectivity index (χ0n) is 19.8. The van der Waals surface area contributed by atoms with Gasteiger partial charge in [0.1, 0.15) is 12.4 Å². The maximum absolute atomic E-state index is 13.8. The van der Waals surface area contributed by atoms with Crippen LogP contribution in [0.5, 0.6) is 0 Å². The Morgan fingerprint density at radius 2 is 1.51 bits per heavy atom. The van der Waals surface area contributed by atoms with Crippen LogP contribution in [0.4, 0.5) is 22.4 Å². The standard InChI is InChI=1S/C29H25F4NO3/c30-26-12-9-17(13-25(26)29(31,32)33)28(36)14-18-10-11-19(15-28)34(18)27(35)37-16-24-22-7-3-1-5-20(22)21-6-2-4-8-23(21)24/h1-9,12-13,18-19,24,36H,10-11,14-16H2. The minimum absolute atomic E-state index is 0.0188. The fourth-order valence-electron chi connectivity index (χ4n) is 6.46. The molecular formula is C29H25F4NO3. The molecule has 192 valence electrons. The summed E-state index contributed by atoms with van der Waals surface area (Å²) in [4.78, 5) is 14.9. The van der Waals surface area contributed by atoms with E-state index in [1.165, 1.54) is 6.07 Å². The molecule has 3 aromatic carbocycles. The van der Waals surface area contributed by atoms with Crippen molar-refractivity contribution in [3.63, 3.8) is 0 Å². The first kappa shape index (κ1) is 24.0. The summed E-state index contributed by atoms with van der Waals surface area (Å²) in [5, 5.41) is 11.4. The molecule has 1 amide bonds. The molecule has 37 heavy (non-hydrogen) atoms. The summed E-state index contributed by atoms with van der Waals surface area (Å²) in [5.41, 5.74) is 1.49. The van der Waals surface area contributed by atoms with Gasteiger partial charge in [-0.25, -0.2) is 9.18 Å². The van der Waals surface area contributed by atoms with Crippen molar-refractivity contribution < 1.29 is 32.2 Å². The molecule has 2 bridgehead atoms. The minimum Gasteiger partial charge on any atom is -0.448 e. The summed E-state index contributed by atoms with van der Waals surface area (Å²) in [7, 11) is 0. The summed E-state index contributed by atoms with van der Waals surface area (Å²) in [6.45, 7) is 0.167. The number of piperidine rings is 1. The highest BCUT2D eigenvalue weighted by Gasteiger charge is 2.51. The van der Waals surface area contributed by atoms with Crippen LogP contribution < -0.4 is 0 Å². The van der Waals surface area contributed by atoms with Crippen LogP contribution in [0.2, 0.25) is 0 Å². The number of carbonyl (C=O) groups is 1. The van der Waals surface area contributed by atoms with E-state index < -0.39 is 29.3 Å². The SMILES string of the molecule is O=C(OCC1c2ccccc2-c2ccccc21)N1C2CCC1CC(O)(c1ccc(F)c(C(F)(F)F)c1)C2. The van der Waals surface area contributed by atoms with Gasteiger partial charge in [-0.15, -0.1) is 0 Å². The molecule has 1 aliphatic carbocycles. The average Bonchev–Trinajstić information content (AvgIpc) is 3.34. The lowest BCUT2D eigenvalue weighted by molar-refractivity contribution is -0.140. The predicted molar refractivity (Wildman–Crippen MR) is 128 cm³/mol. The Labute approximate surface area is 211 Å². The van der Waals surface area contributed by atoms with E-state index in [2.05, 4.69) is 12.1 Å². The van der Waals surface area contributed by atoms with Crippen molar-refractivity contribution in [3.05, 3.63) is 94.8 Å². The molecule has 8 heteroatoms. The van der Waals surface area contributed by atoms with E-state index in [9.17, 15) is 27.5 Å². The lowest BCUT2D eigenvalue weighted by Gasteiger charge is -2.43. The highest BCUT2D eigenvalue weighted by atomic mass is 19.4. The molecular weight excluding hydrogens is 486 g/mol. The van der Waals surface area contributed by atoms with Crippen LogP contribution in [0.25, 0.3) is 11.1 Å². The Bertz CT molecular complexity index is 1310. The Kier molecular flexibility index (Phi) is 5.56. The van der Waals surface area contributed by atoms with Gasteiger partial charge in [-0.1, -0.05) is 54.6 Å². The highest BCUT2D eigenvalue weighted by molar-refractivity contribution is 5.79. The van der Waals surface area contributed by atoms with Gasteiger partial charge in [-0.3, -0.25) is 0 Å². The Morgan fingerprint density at radius 3 is 2.08 bits per heavy atom. The molecule has 6 rings (SSSR count). The molecule has 0 saturated carbocycles. The topological polar surface area (TPSA) is 49.8 Å². The van der Waals surface area contributed by atoms with Crippen LogP contribution >= 0.6 is 0 Å². The third-order valence-corrected chi connectivity index (χ3v) is 8.12. The molecule has 0 aromatic heterocycles. The third-order valence-electron chi connectivity index (χ3n) is 8.12. The van der Waals surface area contributed by atoms with Gasteiger partial charge in [0.25, 0.3) is 0 Å². The van der Waals surface area contributed by atoms with Crippen molar-refractivity contribution in [3.8, 4) is 11.1 Å². The molecule has 2 saturated heterocycles. The Hall–Kier alpha value is -3.39. The Morgan fingerprint density at radius 1 is 0.946 bits per heavy atom. The number of nitrogens with zero attached hydrogens (tertiary/aromatic N) is 1. The number of halogens is 4. The van der Waals surface area contributed by atoms with Crippen LogP contribution in [-0.2, 0) is 16.5 Å². The van der Waals surface area contributed by atoms with Crippen LogP contribution in [-0.4, -0.2) is 34.8 Å². The second-order valence-electron chi connectivity index (χ2n) is 10.2. The summed E-state index contributed by atoms with van der Waals surface area (Å²) < 4.78 is 59.4. The molecule has 3 aromatic rings. The van der Waals surface area contributed by atoms with E-state index in [0.717, 1.165) is 28.3 Å². The van der Waals surface area contributed by atoms with Gasteiger partial charge >= 0.3 is 12.3 Å². The third kappa shape index (κ3) is 3.98. The summed E-state index contributed by atoms with van der Waals surface area (Å²) in [5.74, 6) is -1.46. The van der Waals surface area contributed by atoms with E-state index >= 15 is 0 Å². The second kappa shape index (κ2) is 8.58. The number of fused-ring (bicyclic) bond motifs is 5. The molecule has 4 nitrogen and oxygen atoms in total. The van der Waals surface area contributed by atoms with Gasteiger partial charge < -0.3 is 14.7 Å². The van der Waals surface area contributed by atoms with E-state index in [1.807, 2.05) is 36.4 Å². The van der Waals surface area contributed by atoms with E-state index in [1.54, 1.807) is 4.90 Å². The predicted octanol–water partition coefficient (Wildman–Crippen LogP) is 6.61. The maximum atomic E-state index is 13.8. The first-order valence-electron chi connectivity index (χ1n) is 12.4. The number of hydrogen-bond donors (Lipinski definition) is 1. The number of amides is 1. The van der Waals surface area contributed by atoms with Crippen LogP contribution in [0.15, 0.2) is 66.7 Å². The van der Waals surface area contributed by atoms with Crippen molar-refractivity contribution >= 4 is 6.09 Å². The lowest BCUT2D eigenvalue weighted by Crippen LogP contribution is -2.52. The van der Waals surface area contributed by atoms with Gasteiger partial charge in [0.2, 0.25) is 0 Å². The van der Waals surface area contributed by atoms with E-state index in [-0.39, 0.29) is 43.0 Å². The van der Waals surface area contributed by atoms with Gasteiger partial charge in [0.15, 0.2) is 0 Å². The smallest absolute Gasteiger partial charge is 0.419 e. The van der Waals surface area contributed by atoms with Crippen LogP contribution in [0.3, 0.4) is 0 Å². The van der Waals surface area contributed by atoms with E-state index in [4.69, 9.17) is 4.74 Å². The summed E-state index contributed by atoms with van der Waals surface area (Å²) in [6.07, 6.45) is -3.98.